The highest BCUT2D eigenvalue weighted by Crippen LogP contribution is 2.09. The maximum atomic E-state index is 13.1. The number of aromatic nitrogens is 1. The molecule has 1 heterocycles. The quantitative estimate of drug-likeness (QED) is 0.738. The lowest BCUT2D eigenvalue weighted by molar-refractivity contribution is -0.109. The molecule has 1 aromatic heterocycles. The van der Waals surface area contributed by atoms with Crippen molar-refractivity contribution in [1.82, 2.24) is 4.98 Å². The van der Waals surface area contributed by atoms with Crippen LogP contribution in [0.1, 0.15) is 18.9 Å². The van der Waals surface area contributed by atoms with Crippen LogP contribution in [0, 0.1) is 5.82 Å². The Kier molecular flexibility index (Phi) is 5.04. The van der Waals surface area contributed by atoms with E-state index in [2.05, 4.69) is 4.98 Å². The minimum Gasteiger partial charge on any atom is -0.288 e. The monoisotopic (exact) mass is 225 g/mol. The van der Waals surface area contributed by atoms with Crippen LogP contribution in [0.3, 0.4) is 0 Å². The van der Waals surface area contributed by atoms with E-state index in [0.717, 1.165) is 12.2 Å². The zero-order chi connectivity index (χ0) is 11.1. The molecule has 80 valence electrons. The molecule has 4 heteroatoms. The molecule has 15 heavy (non-hydrogen) atoms. The molecular formula is C11H12FNOS. The smallest absolute Gasteiger partial charge is 0.185 e. The zero-order valence-corrected chi connectivity index (χ0v) is 9.26. The van der Waals surface area contributed by atoms with Crippen LogP contribution in [0.2, 0.25) is 0 Å². The van der Waals surface area contributed by atoms with E-state index >= 15 is 0 Å². The summed E-state index contributed by atoms with van der Waals surface area (Å²) in [6, 6.07) is 1.62. The molecule has 0 saturated carbocycles. The summed E-state index contributed by atoms with van der Waals surface area (Å²) in [5.74, 6) is 0.409. The first-order chi connectivity index (χ1) is 7.20. The van der Waals surface area contributed by atoms with Crippen molar-refractivity contribution < 1.29 is 9.18 Å². The van der Waals surface area contributed by atoms with Gasteiger partial charge in [0.05, 0.1) is 6.20 Å². The summed E-state index contributed by atoms with van der Waals surface area (Å²) < 4.78 is 13.1. The van der Waals surface area contributed by atoms with Gasteiger partial charge in [-0.05, 0) is 12.5 Å². The van der Waals surface area contributed by atoms with Crippen LogP contribution < -0.4 is 0 Å². The molecular weight excluding hydrogens is 213 g/mol. The molecule has 0 aliphatic rings. The molecule has 0 aliphatic carbocycles. The molecule has 0 fully saturated rings. The Bertz CT molecular complexity index is 365. The summed E-state index contributed by atoms with van der Waals surface area (Å²) in [6.07, 6.45) is 7.05. The van der Waals surface area contributed by atoms with Crippen molar-refractivity contribution in [1.29, 1.82) is 0 Å². The van der Waals surface area contributed by atoms with Gasteiger partial charge in [-0.25, -0.2) is 4.39 Å². The summed E-state index contributed by atoms with van der Waals surface area (Å²) in [7, 11) is 0. The van der Waals surface area contributed by atoms with Crippen molar-refractivity contribution >= 4 is 23.0 Å². The molecule has 1 aromatic rings. The standard InChI is InChI=1S/C11H12FNOS/c1-9(14)15-7-3-2-4-10-5-6-13-8-11(10)12/h2,4-6,8H,3,7H2,1H3. The number of hydrogen-bond acceptors (Lipinski definition) is 3. The van der Waals surface area contributed by atoms with Gasteiger partial charge in [-0.3, -0.25) is 9.78 Å². The fourth-order valence-electron chi connectivity index (χ4n) is 1.00. The van der Waals surface area contributed by atoms with Crippen LogP contribution in [0.15, 0.2) is 24.5 Å². The molecule has 0 N–H and O–H groups in total. The number of carbonyl (C=O) groups excluding carboxylic acids is 1. The molecule has 0 saturated heterocycles. The van der Waals surface area contributed by atoms with E-state index in [-0.39, 0.29) is 10.9 Å². The summed E-state index contributed by atoms with van der Waals surface area (Å²) >= 11 is 1.27. The molecule has 0 aromatic carbocycles. The number of nitrogens with zero attached hydrogens (tertiary/aromatic N) is 1. The highest BCUT2D eigenvalue weighted by Gasteiger charge is 1.95. The van der Waals surface area contributed by atoms with Gasteiger partial charge in [0.15, 0.2) is 5.12 Å². The topological polar surface area (TPSA) is 30.0 Å². The van der Waals surface area contributed by atoms with Gasteiger partial charge in [0.25, 0.3) is 0 Å². The van der Waals surface area contributed by atoms with Crippen molar-refractivity contribution in [2.45, 2.75) is 13.3 Å². The molecule has 0 atom stereocenters. The summed E-state index contributed by atoms with van der Waals surface area (Å²) in [4.78, 5) is 14.3. The SMILES string of the molecule is CC(=O)SCCC=Cc1ccncc1F. The van der Waals surface area contributed by atoms with Gasteiger partial charge in [0.2, 0.25) is 0 Å². The first-order valence-electron chi connectivity index (χ1n) is 4.59. The molecule has 1 rings (SSSR count). The van der Waals surface area contributed by atoms with Crippen LogP contribution in [0.4, 0.5) is 4.39 Å². The van der Waals surface area contributed by atoms with Crippen LogP contribution in [-0.2, 0) is 4.79 Å². The van der Waals surface area contributed by atoms with Crippen LogP contribution in [-0.4, -0.2) is 15.9 Å². The summed E-state index contributed by atoms with van der Waals surface area (Å²) in [5.41, 5.74) is 0.526. The normalized spacial score (nSPS) is 10.8. The van der Waals surface area contributed by atoms with Gasteiger partial charge < -0.3 is 0 Å². The van der Waals surface area contributed by atoms with E-state index in [1.54, 1.807) is 18.3 Å². The molecule has 0 spiro atoms. The van der Waals surface area contributed by atoms with Crippen molar-refractivity contribution in [3.8, 4) is 0 Å². The Hall–Kier alpha value is -1.16. The van der Waals surface area contributed by atoms with E-state index < -0.39 is 0 Å². The lowest BCUT2D eigenvalue weighted by Gasteiger charge is -1.94. The fourth-order valence-corrected chi connectivity index (χ4v) is 1.54. The number of rotatable bonds is 4. The predicted octanol–water partition coefficient (Wildman–Crippen LogP) is 2.90. The number of hydrogen-bond donors (Lipinski definition) is 0. The average molecular weight is 225 g/mol. The summed E-state index contributed by atoms with van der Waals surface area (Å²) in [6.45, 7) is 1.54. The van der Waals surface area contributed by atoms with Crippen LogP contribution in [0.25, 0.3) is 6.08 Å². The van der Waals surface area contributed by atoms with Gasteiger partial charge in [-0.1, -0.05) is 23.9 Å². The Morgan fingerprint density at radius 2 is 2.47 bits per heavy atom. The van der Waals surface area contributed by atoms with Gasteiger partial charge in [0, 0.05) is 24.4 Å². The Morgan fingerprint density at radius 3 is 3.13 bits per heavy atom. The second-order valence-corrected chi connectivity index (χ2v) is 4.20. The predicted molar refractivity (Wildman–Crippen MR) is 61.0 cm³/mol. The minimum absolute atomic E-state index is 0.110. The van der Waals surface area contributed by atoms with Crippen LogP contribution >= 0.6 is 11.8 Å². The van der Waals surface area contributed by atoms with Gasteiger partial charge in [-0.2, -0.15) is 0 Å². The second-order valence-electron chi connectivity index (χ2n) is 2.93. The van der Waals surface area contributed by atoms with E-state index in [4.69, 9.17) is 0 Å². The first-order valence-corrected chi connectivity index (χ1v) is 5.58. The Labute approximate surface area is 92.6 Å². The minimum atomic E-state index is -0.326. The second kappa shape index (κ2) is 6.35. The number of allylic oxidation sites excluding steroid dienone is 1. The highest BCUT2D eigenvalue weighted by atomic mass is 32.2. The average Bonchev–Trinajstić information content (AvgIpc) is 2.20. The fraction of sp³-hybridized carbons (Fsp3) is 0.273. The first kappa shape index (κ1) is 11.9. The number of carbonyl (C=O) groups is 1. The van der Waals surface area contributed by atoms with E-state index in [1.807, 2.05) is 6.08 Å². The number of halogens is 1. The summed E-state index contributed by atoms with van der Waals surface area (Å²) in [5, 5.41) is 0.110. The van der Waals surface area contributed by atoms with Crippen molar-refractivity contribution in [3.05, 3.63) is 35.9 Å². The third-order valence-corrected chi connectivity index (χ3v) is 2.54. The molecule has 0 radical (unpaired) electrons. The third kappa shape index (κ3) is 4.74. The highest BCUT2D eigenvalue weighted by molar-refractivity contribution is 8.13. The maximum absolute atomic E-state index is 13.1. The molecule has 0 aliphatic heterocycles. The molecule has 0 unspecified atom stereocenters. The van der Waals surface area contributed by atoms with Crippen LogP contribution in [0.5, 0.6) is 0 Å². The molecule has 0 bridgehead atoms. The molecule has 0 amide bonds. The number of pyridine rings is 1. The van der Waals surface area contributed by atoms with E-state index in [1.165, 1.54) is 24.9 Å². The lowest BCUT2D eigenvalue weighted by Crippen LogP contribution is -1.85. The van der Waals surface area contributed by atoms with Crippen molar-refractivity contribution in [3.63, 3.8) is 0 Å². The molecule has 2 nitrogen and oxygen atoms in total. The maximum Gasteiger partial charge on any atom is 0.185 e. The number of thioether (sulfide) groups is 1. The Morgan fingerprint density at radius 1 is 1.67 bits per heavy atom. The zero-order valence-electron chi connectivity index (χ0n) is 8.44. The van der Waals surface area contributed by atoms with Crippen molar-refractivity contribution in [2.75, 3.05) is 5.75 Å². The largest absolute Gasteiger partial charge is 0.288 e. The van der Waals surface area contributed by atoms with Gasteiger partial charge in [-0.15, -0.1) is 0 Å². The van der Waals surface area contributed by atoms with E-state index in [0.29, 0.717) is 5.56 Å². The van der Waals surface area contributed by atoms with Gasteiger partial charge >= 0.3 is 0 Å². The van der Waals surface area contributed by atoms with E-state index in [9.17, 15) is 9.18 Å². The van der Waals surface area contributed by atoms with Gasteiger partial charge in [0.1, 0.15) is 5.82 Å². The Balaban J connectivity index is 2.38. The lowest BCUT2D eigenvalue weighted by atomic mass is 10.2. The third-order valence-electron chi connectivity index (χ3n) is 1.69. The van der Waals surface area contributed by atoms with Crippen molar-refractivity contribution in [2.24, 2.45) is 0 Å².